The molecule has 0 radical (unpaired) electrons. The first kappa shape index (κ1) is 24.2. The summed E-state index contributed by atoms with van der Waals surface area (Å²) in [4.78, 5) is 19.6. The van der Waals surface area contributed by atoms with E-state index in [-0.39, 0.29) is 11.7 Å². The summed E-state index contributed by atoms with van der Waals surface area (Å²) in [6, 6.07) is 20.3. The van der Waals surface area contributed by atoms with Gasteiger partial charge in [-0.2, -0.15) is 0 Å². The Morgan fingerprint density at radius 2 is 1.88 bits per heavy atom. The largest absolute Gasteiger partial charge is 0.497 e. The van der Waals surface area contributed by atoms with Crippen molar-refractivity contribution in [3.63, 3.8) is 0 Å². The lowest BCUT2D eigenvalue weighted by Gasteiger charge is -2.18. The van der Waals surface area contributed by atoms with Crippen LogP contribution in [0.5, 0.6) is 5.75 Å². The van der Waals surface area contributed by atoms with E-state index in [0.29, 0.717) is 44.0 Å². The number of nitrogens with zero attached hydrogens (tertiary/aromatic N) is 2. The highest BCUT2D eigenvalue weighted by molar-refractivity contribution is 9.10. The minimum absolute atomic E-state index is 0.236. The lowest BCUT2D eigenvalue weighted by atomic mass is 10.0. The van der Waals surface area contributed by atoms with Gasteiger partial charge in [0.25, 0.3) is 5.91 Å². The molecule has 1 aliphatic rings. The highest BCUT2D eigenvalue weighted by atomic mass is 79.9. The predicted molar refractivity (Wildman–Crippen MR) is 142 cm³/mol. The van der Waals surface area contributed by atoms with Gasteiger partial charge in [-0.3, -0.25) is 9.69 Å². The third-order valence-corrected chi connectivity index (χ3v) is 6.90. The summed E-state index contributed by atoms with van der Waals surface area (Å²) >= 11 is 4.60. The zero-order chi connectivity index (χ0) is 24.2. The lowest BCUT2D eigenvalue weighted by Crippen LogP contribution is -2.30. The van der Waals surface area contributed by atoms with Crippen LogP contribution in [0.2, 0.25) is 0 Å². The first-order valence-electron chi connectivity index (χ1n) is 10.8. The normalized spacial score (nSPS) is 14.8. The van der Waals surface area contributed by atoms with E-state index in [9.17, 15) is 9.18 Å². The number of ether oxygens (including phenoxy) is 1. The van der Waals surface area contributed by atoms with Gasteiger partial charge in [0.1, 0.15) is 17.3 Å². The fourth-order valence-electron chi connectivity index (χ4n) is 3.49. The molecule has 0 N–H and O–H groups in total. The van der Waals surface area contributed by atoms with E-state index in [0.717, 1.165) is 5.56 Å². The number of carbonyl (C=O) groups excluding carboxylic acids is 1. The topological polar surface area (TPSA) is 41.9 Å². The van der Waals surface area contributed by atoms with Gasteiger partial charge < -0.3 is 4.74 Å². The number of anilines is 1. The van der Waals surface area contributed by atoms with Crippen molar-refractivity contribution >= 4 is 50.5 Å². The molecule has 0 unspecified atom stereocenters. The minimum Gasteiger partial charge on any atom is -0.497 e. The number of amidine groups is 1. The number of carbonyl (C=O) groups is 1. The SMILES string of the molecule is COc1cccc(N2C(=O)C(=Cc3ccc(C(C)C)cc3)N=C2SCc2ccc(Br)cc2F)c1. The number of rotatable bonds is 6. The second-order valence-electron chi connectivity index (χ2n) is 8.11. The standard InChI is InChI=1S/C27H24BrFN2O2S/c1-17(2)19-9-7-18(8-10-19)13-25-26(32)31(22-5-4-6-23(15-22)33-3)27(30-25)34-16-20-11-12-21(28)14-24(20)29/h4-15,17H,16H2,1-3H3. The van der Waals surface area contributed by atoms with Gasteiger partial charge in [-0.15, -0.1) is 0 Å². The molecule has 3 aromatic rings. The molecule has 4 rings (SSSR count). The third-order valence-electron chi connectivity index (χ3n) is 5.42. The second kappa shape index (κ2) is 10.6. The van der Waals surface area contributed by atoms with Crippen LogP contribution in [0.25, 0.3) is 6.08 Å². The number of hydrogen-bond donors (Lipinski definition) is 0. The Kier molecular flexibility index (Phi) is 7.54. The number of amides is 1. The maximum atomic E-state index is 14.4. The molecule has 4 nitrogen and oxygen atoms in total. The summed E-state index contributed by atoms with van der Waals surface area (Å²) in [7, 11) is 1.58. The first-order chi connectivity index (χ1) is 16.4. The Labute approximate surface area is 211 Å². The van der Waals surface area contributed by atoms with E-state index in [4.69, 9.17) is 4.74 Å². The molecule has 1 amide bonds. The molecule has 0 atom stereocenters. The van der Waals surface area contributed by atoms with Crippen molar-refractivity contribution in [1.82, 2.24) is 0 Å². The molecule has 0 saturated carbocycles. The minimum atomic E-state index is -0.305. The summed E-state index contributed by atoms with van der Waals surface area (Å²) in [6.07, 6.45) is 1.79. The van der Waals surface area contributed by atoms with Crippen LogP contribution in [0, 0.1) is 5.82 Å². The van der Waals surface area contributed by atoms with E-state index in [1.807, 2.05) is 30.3 Å². The molecule has 1 heterocycles. The van der Waals surface area contributed by atoms with Gasteiger partial charge in [-0.05, 0) is 52.9 Å². The van der Waals surface area contributed by atoms with E-state index in [1.165, 1.54) is 23.4 Å². The van der Waals surface area contributed by atoms with Gasteiger partial charge in [0.15, 0.2) is 5.17 Å². The molecule has 34 heavy (non-hydrogen) atoms. The van der Waals surface area contributed by atoms with Crippen molar-refractivity contribution in [3.8, 4) is 5.75 Å². The van der Waals surface area contributed by atoms with Gasteiger partial charge in [-0.25, -0.2) is 9.38 Å². The average Bonchev–Trinajstić information content (AvgIpc) is 3.13. The maximum absolute atomic E-state index is 14.4. The number of benzene rings is 3. The maximum Gasteiger partial charge on any atom is 0.283 e. The van der Waals surface area contributed by atoms with E-state index in [1.54, 1.807) is 36.3 Å². The van der Waals surface area contributed by atoms with Crippen LogP contribution in [-0.4, -0.2) is 18.2 Å². The molecule has 0 aromatic heterocycles. The van der Waals surface area contributed by atoms with Crippen molar-refractivity contribution in [2.24, 2.45) is 4.99 Å². The number of thioether (sulfide) groups is 1. The Morgan fingerprint density at radius 3 is 2.56 bits per heavy atom. The zero-order valence-corrected chi connectivity index (χ0v) is 21.5. The fourth-order valence-corrected chi connectivity index (χ4v) is 4.82. The number of methoxy groups -OCH3 is 1. The van der Waals surface area contributed by atoms with Crippen LogP contribution < -0.4 is 9.64 Å². The molecule has 7 heteroatoms. The van der Waals surface area contributed by atoms with Crippen molar-refractivity contribution in [1.29, 1.82) is 0 Å². The summed E-state index contributed by atoms with van der Waals surface area (Å²) in [5.41, 5.74) is 3.64. The molecule has 0 bridgehead atoms. The molecule has 0 spiro atoms. The van der Waals surface area contributed by atoms with Gasteiger partial charge in [-0.1, -0.05) is 77.9 Å². The predicted octanol–water partition coefficient (Wildman–Crippen LogP) is 7.40. The van der Waals surface area contributed by atoms with Gasteiger partial charge in [0.05, 0.1) is 12.8 Å². The molecular formula is C27H24BrFN2O2S. The molecule has 0 saturated heterocycles. The van der Waals surface area contributed by atoms with Crippen molar-refractivity contribution in [2.75, 3.05) is 12.0 Å². The van der Waals surface area contributed by atoms with Crippen LogP contribution in [-0.2, 0) is 10.5 Å². The monoisotopic (exact) mass is 538 g/mol. The molecule has 0 fully saturated rings. The molecule has 174 valence electrons. The number of hydrogen-bond acceptors (Lipinski definition) is 4. The Morgan fingerprint density at radius 1 is 1.12 bits per heavy atom. The van der Waals surface area contributed by atoms with Gasteiger partial charge in [0, 0.05) is 16.3 Å². The summed E-state index contributed by atoms with van der Waals surface area (Å²) in [5, 5.41) is 0.491. The molecule has 1 aliphatic heterocycles. The van der Waals surface area contributed by atoms with Gasteiger partial charge >= 0.3 is 0 Å². The van der Waals surface area contributed by atoms with E-state index in [2.05, 4.69) is 46.9 Å². The lowest BCUT2D eigenvalue weighted by molar-refractivity contribution is -0.113. The van der Waals surface area contributed by atoms with E-state index >= 15 is 0 Å². The first-order valence-corrected chi connectivity index (χ1v) is 12.6. The average molecular weight is 539 g/mol. The highest BCUT2D eigenvalue weighted by Crippen LogP contribution is 2.33. The van der Waals surface area contributed by atoms with Crippen molar-refractivity contribution in [3.05, 3.63) is 99.4 Å². The summed E-state index contributed by atoms with van der Waals surface area (Å²) in [5.74, 6) is 0.858. The second-order valence-corrected chi connectivity index (χ2v) is 9.97. The van der Waals surface area contributed by atoms with E-state index < -0.39 is 0 Å². The Balaban J connectivity index is 1.67. The number of halogens is 2. The Bertz CT molecular complexity index is 1270. The van der Waals surface area contributed by atoms with Crippen molar-refractivity contribution < 1.29 is 13.9 Å². The van der Waals surface area contributed by atoms with Crippen LogP contribution in [0.15, 0.2) is 81.9 Å². The Hall–Kier alpha value is -2.90. The summed E-state index contributed by atoms with van der Waals surface area (Å²) in [6.45, 7) is 4.28. The van der Waals surface area contributed by atoms with Crippen molar-refractivity contribution in [2.45, 2.75) is 25.5 Å². The van der Waals surface area contributed by atoms with Crippen LogP contribution in [0.1, 0.15) is 36.5 Å². The van der Waals surface area contributed by atoms with Gasteiger partial charge in [0.2, 0.25) is 0 Å². The number of aliphatic imine (C=N–C) groups is 1. The molecular weight excluding hydrogens is 515 g/mol. The molecule has 3 aromatic carbocycles. The zero-order valence-electron chi connectivity index (χ0n) is 19.1. The smallest absolute Gasteiger partial charge is 0.283 e. The molecule has 0 aliphatic carbocycles. The van der Waals surface area contributed by atoms with Crippen LogP contribution >= 0.6 is 27.7 Å². The van der Waals surface area contributed by atoms with Crippen LogP contribution in [0.3, 0.4) is 0 Å². The quantitative estimate of drug-likeness (QED) is 0.307. The summed E-state index contributed by atoms with van der Waals surface area (Å²) < 4.78 is 20.4. The third kappa shape index (κ3) is 5.42. The highest BCUT2D eigenvalue weighted by Gasteiger charge is 2.32. The van der Waals surface area contributed by atoms with Crippen LogP contribution in [0.4, 0.5) is 10.1 Å². The fraction of sp³-hybridized carbons (Fsp3) is 0.185.